The van der Waals surface area contributed by atoms with E-state index in [1.807, 2.05) is 0 Å². The van der Waals surface area contributed by atoms with Crippen molar-refractivity contribution in [2.45, 2.75) is 38.8 Å². The molecule has 2 nitrogen and oxygen atoms in total. The number of aliphatic imine (C=N–C) groups is 1. The van der Waals surface area contributed by atoms with Gasteiger partial charge < -0.3 is 0 Å². The average Bonchev–Trinajstić information content (AvgIpc) is 2.93. The molecule has 3 atom stereocenters. The van der Waals surface area contributed by atoms with Crippen LogP contribution in [0, 0.1) is 5.92 Å². The lowest BCUT2D eigenvalue weighted by molar-refractivity contribution is 0.239. The number of hydrogen-bond acceptors (Lipinski definition) is 2. The van der Waals surface area contributed by atoms with Crippen molar-refractivity contribution in [1.29, 1.82) is 0 Å². The second-order valence-corrected chi connectivity index (χ2v) is 6.09. The molecule has 0 saturated carbocycles. The lowest BCUT2D eigenvalue weighted by Crippen LogP contribution is -2.45. The SMILES string of the molecule is C[C@H](/N=C1/C2CCN(C2)C1(C)C)c1ccccc1. The largest absolute Gasteiger partial charge is 0.292 e. The topological polar surface area (TPSA) is 15.6 Å². The molecule has 2 aliphatic rings. The first-order valence-electron chi connectivity index (χ1n) is 6.97. The first kappa shape index (κ1) is 11.9. The van der Waals surface area contributed by atoms with Gasteiger partial charge in [-0.1, -0.05) is 30.3 Å². The van der Waals surface area contributed by atoms with Crippen molar-refractivity contribution in [3.63, 3.8) is 0 Å². The van der Waals surface area contributed by atoms with Gasteiger partial charge in [0, 0.05) is 18.2 Å². The molecule has 1 aromatic rings. The van der Waals surface area contributed by atoms with E-state index in [0.717, 1.165) is 0 Å². The zero-order chi connectivity index (χ0) is 12.8. The van der Waals surface area contributed by atoms with Gasteiger partial charge in [0.05, 0.1) is 11.6 Å². The zero-order valence-electron chi connectivity index (χ0n) is 11.6. The molecule has 0 aliphatic carbocycles. The monoisotopic (exact) mass is 242 g/mol. The zero-order valence-corrected chi connectivity index (χ0v) is 11.6. The van der Waals surface area contributed by atoms with Gasteiger partial charge in [-0.2, -0.15) is 0 Å². The fourth-order valence-corrected chi connectivity index (χ4v) is 3.43. The molecule has 0 N–H and O–H groups in total. The highest BCUT2D eigenvalue weighted by molar-refractivity contribution is 5.98. The van der Waals surface area contributed by atoms with Crippen LogP contribution in [0.2, 0.25) is 0 Å². The summed E-state index contributed by atoms with van der Waals surface area (Å²) in [6, 6.07) is 10.9. The summed E-state index contributed by atoms with van der Waals surface area (Å²) >= 11 is 0. The average molecular weight is 242 g/mol. The van der Waals surface area contributed by atoms with Crippen LogP contribution in [0.25, 0.3) is 0 Å². The van der Waals surface area contributed by atoms with E-state index in [1.54, 1.807) is 0 Å². The van der Waals surface area contributed by atoms with Gasteiger partial charge in [0.25, 0.3) is 0 Å². The number of rotatable bonds is 2. The quantitative estimate of drug-likeness (QED) is 0.777. The number of piperidine rings is 1. The summed E-state index contributed by atoms with van der Waals surface area (Å²) < 4.78 is 0. The predicted octanol–water partition coefficient (Wildman–Crippen LogP) is 3.30. The van der Waals surface area contributed by atoms with Gasteiger partial charge in [-0.05, 0) is 39.3 Å². The highest BCUT2D eigenvalue weighted by Crippen LogP contribution is 2.39. The van der Waals surface area contributed by atoms with E-state index >= 15 is 0 Å². The van der Waals surface area contributed by atoms with Crippen LogP contribution < -0.4 is 0 Å². The summed E-state index contributed by atoms with van der Waals surface area (Å²) in [4.78, 5) is 7.63. The summed E-state index contributed by atoms with van der Waals surface area (Å²) in [6.45, 7) is 9.31. The molecule has 2 bridgehead atoms. The number of hydrogen-bond donors (Lipinski definition) is 0. The molecule has 0 amide bonds. The van der Waals surface area contributed by atoms with Crippen LogP contribution >= 0.6 is 0 Å². The third kappa shape index (κ3) is 1.79. The fourth-order valence-electron chi connectivity index (χ4n) is 3.43. The molecule has 2 saturated heterocycles. The summed E-state index contributed by atoms with van der Waals surface area (Å²) in [5.74, 6) is 0.700. The van der Waals surface area contributed by atoms with Gasteiger partial charge >= 0.3 is 0 Å². The molecular weight excluding hydrogens is 220 g/mol. The normalized spacial score (nSPS) is 32.9. The second kappa shape index (κ2) is 4.20. The van der Waals surface area contributed by atoms with E-state index in [0.29, 0.717) is 5.92 Å². The Morgan fingerprint density at radius 3 is 2.61 bits per heavy atom. The Kier molecular flexibility index (Phi) is 2.78. The molecule has 18 heavy (non-hydrogen) atoms. The van der Waals surface area contributed by atoms with E-state index in [9.17, 15) is 0 Å². The maximum absolute atomic E-state index is 5.06. The third-order valence-corrected chi connectivity index (χ3v) is 4.61. The molecule has 2 heterocycles. The van der Waals surface area contributed by atoms with Gasteiger partial charge in [-0.25, -0.2) is 0 Å². The molecule has 96 valence electrons. The molecule has 2 aliphatic heterocycles. The third-order valence-electron chi connectivity index (χ3n) is 4.61. The molecular formula is C16H22N2. The van der Waals surface area contributed by atoms with Crippen molar-refractivity contribution in [3.8, 4) is 0 Å². The van der Waals surface area contributed by atoms with Crippen LogP contribution in [0.4, 0.5) is 0 Å². The Balaban J connectivity index is 1.89. The van der Waals surface area contributed by atoms with E-state index in [4.69, 9.17) is 4.99 Å². The molecule has 2 fully saturated rings. The molecule has 0 radical (unpaired) electrons. The fraction of sp³-hybridized carbons (Fsp3) is 0.562. The van der Waals surface area contributed by atoms with E-state index < -0.39 is 0 Å². The van der Waals surface area contributed by atoms with E-state index in [-0.39, 0.29) is 11.6 Å². The number of fused-ring (bicyclic) bond motifs is 2. The Morgan fingerprint density at radius 1 is 1.28 bits per heavy atom. The first-order chi connectivity index (χ1) is 8.59. The molecule has 2 heteroatoms. The van der Waals surface area contributed by atoms with Crippen LogP contribution in [-0.4, -0.2) is 29.2 Å². The van der Waals surface area contributed by atoms with Crippen molar-refractivity contribution in [1.82, 2.24) is 4.90 Å². The van der Waals surface area contributed by atoms with Crippen LogP contribution in [-0.2, 0) is 0 Å². The lowest BCUT2D eigenvalue weighted by Gasteiger charge is -2.34. The molecule has 0 spiro atoms. The van der Waals surface area contributed by atoms with Gasteiger partial charge in [-0.3, -0.25) is 9.89 Å². The van der Waals surface area contributed by atoms with E-state index in [1.165, 1.54) is 30.8 Å². The smallest absolute Gasteiger partial charge is 0.0721 e. The minimum absolute atomic E-state index is 0.173. The van der Waals surface area contributed by atoms with Crippen LogP contribution in [0.15, 0.2) is 35.3 Å². The minimum Gasteiger partial charge on any atom is -0.292 e. The maximum Gasteiger partial charge on any atom is 0.0721 e. The van der Waals surface area contributed by atoms with Crippen molar-refractivity contribution in [3.05, 3.63) is 35.9 Å². The lowest BCUT2D eigenvalue weighted by atomic mass is 9.88. The van der Waals surface area contributed by atoms with Crippen molar-refractivity contribution in [2.24, 2.45) is 10.9 Å². The Hall–Kier alpha value is -1.15. The number of nitrogens with zero attached hydrogens (tertiary/aromatic N) is 2. The molecule has 3 rings (SSSR count). The maximum atomic E-state index is 5.06. The summed E-state index contributed by atoms with van der Waals surface area (Å²) in [5, 5.41) is 0. The first-order valence-corrected chi connectivity index (χ1v) is 6.97. The second-order valence-electron chi connectivity index (χ2n) is 6.09. The summed E-state index contributed by atoms with van der Waals surface area (Å²) in [6.07, 6.45) is 1.30. The summed E-state index contributed by atoms with van der Waals surface area (Å²) in [7, 11) is 0. The Bertz CT molecular complexity index is 461. The van der Waals surface area contributed by atoms with Crippen molar-refractivity contribution in [2.75, 3.05) is 13.1 Å². The van der Waals surface area contributed by atoms with Crippen molar-refractivity contribution < 1.29 is 0 Å². The van der Waals surface area contributed by atoms with Crippen LogP contribution in [0.1, 0.15) is 38.8 Å². The van der Waals surface area contributed by atoms with Crippen LogP contribution in [0.3, 0.4) is 0 Å². The van der Waals surface area contributed by atoms with Crippen molar-refractivity contribution >= 4 is 5.71 Å². The minimum atomic E-state index is 0.173. The predicted molar refractivity (Wildman–Crippen MR) is 76.1 cm³/mol. The molecule has 2 unspecified atom stereocenters. The van der Waals surface area contributed by atoms with Gasteiger partial charge in [-0.15, -0.1) is 0 Å². The highest BCUT2D eigenvalue weighted by atomic mass is 15.3. The Morgan fingerprint density at radius 2 is 2.00 bits per heavy atom. The molecule has 0 aromatic heterocycles. The van der Waals surface area contributed by atoms with Gasteiger partial charge in [0.2, 0.25) is 0 Å². The van der Waals surface area contributed by atoms with Gasteiger partial charge in [0.15, 0.2) is 0 Å². The van der Waals surface area contributed by atoms with Crippen LogP contribution in [0.5, 0.6) is 0 Å². The van der Waals surface area contributed by atoms with E-state index in [2.05, 4.69) is 56.0 Å². The summed E-state index contributed by atoms with van der Waals surface area (Å²) in [5.41, 5.74) is 2.91. The highest BCUT2D eigenvalue weighted by Gasteiger charge is 2.48. The molecule has 1 aromatic carbocycles. The Labute approximate surface area is 110 Å². The van der Waals surface area contributed by atoms with Gasteiger partial charge in [0.1, 0.15) is 0 Å². The number of benzene rings is 1. The standard InChI is InChI=1S/C16H22N2/c1-12(13-7-5-4-6-8-13)17-15-14-9-10-18(11-14)16(15,2)3/h4-8,12,14H,9-11H2,1-3H3/b17-15-/t12-,14?/m0/s1.